The van der Waals surface area contributed by atoms with Crippen molar-refractivity contribution in [2.75, 3.05) is 18.6 Å². The molecule has 0 spiro atoms. The first-order valence-corrected chi connectivity index (χ1v) is 7.25. The van der Waals surface area contributed by atoms with E-state index in [9.17, 15) is 27.2 Å². The highest BCUT2D eigenvalue weighted by molar-refractivity contribution is 7.87. The van der Waals surface area contributed by atoms with Gasteiger partial charge in [0.25, 0.3) is 5.69 Å². The molecule has 2 rings (SSSR count). The number of rotatable bonds is 4. The quantitative estimate of drug-likeness (QED) is 0.466. The Morgan fingerprint density at radius 1 is 1.48 bits per heavy atom. The Morgan fingerprint density at radius 2 is 2.14 bits per heavy atom. The zero-order chi connectivity index (χ0) is 15.8. The van der Waals surface area contributed by atoms with Crippen LogP contribution in [0.25, 0.3) is 0 Å². The van der Waals surface area contributed by atoms with Crippen LogP contribution in [0.2, 0.25) is 0 Å². The summed E-state index contributed by atoms with van der Waals surface area (Å²) < 4.78 is 39.8. The van der Waals surface area contributed by atoms with Crippen LogP contribution in [0.15, 0.2) is 18.2 Å². The van der Waals surface area contributed by atoms with Crippen molar-refractivity contribution in [1.29, 1.82) is 0 Å². The van der Waals surface area contributed by atoms with Gasteiger partial charge in [0.05, 0.1) is 12.0 Å². The van der Waals surface area contributed by atoms with Crippen LogP contribution in [0, 0.1) is 10.1 Å². The summed E-state index contributed by atoms with van der Waals surface area (Å²) in [6, 6.07) is 3.92. The van der Waals surface area contributed by atoms with E-state index in [1.807, 2.05) is 0 Å². The number of methoxy groups -OCH3 is 1. The van der Waals surface area contributed by atoms with Crippen LogP contribution < -0.4 is 9.64 Å². The maximum atomic E-state index is 13.0. The highest BCUT2D eigenvalue weighted by atomic mass is 32.3. The first kappa shape index (κ1) is 15.2. The maximum absolute atomic E-state index is 13.0. The predicted molar refractivity (Wildman–Crippen MR) is 70.4 cm³/mol. The fourth-order valence-electron chi connectivity index (χ4n) is 2.17. The van der Waals surface area contributed by atoms with E-state index in [0.717, 1.165) is 11.0 Å². The molecule has 8 nitrogen and oxygen atoms in total. The van der Waals surface area contributed by atoms with E-state index < -0.39 is 45.0 Å². The Balaban J connectivity index is 2.52. The zero-order valence-electron chi connectivity index (χ0n) is 10.9. The summed E-state index contributed by atoms with van der Waals surface area (Å²) in [5.41, 5.74) is -0.583. The van der Waals surface area contributed by atoms with Crippen molar-refractivity contribution in [1.82, 2.24) is 0 Å². The summed E-state index contributed by atoms with van der Waals surface area (Å²) in [6.45, 7) is -0.487. The van der Waals surface area contributed by atoms with Gasteiger partial charge in [-0.3, -0.25) is 14.9 Å². The third-order valence-electron chi connectivity index (χ3n) is 3.15. The van der Waals surface area contributed by atoms with Crippen molar-refractivity contribution in [3.05, 3.63) is 28.3 Å². The van der Waals surface area contributed by atoms with Gasteiger partial charge >= 0.3 is 10.2 Å². The summed E-state index contributed by atoms with van der Waals surface area (Å²) in [5, 5.41) is 9.52. The molecule has 1 aromatic carbocycles. The molecule has 0 radical (unpaired) electrons. The van der Waals surface area contributed by atoms with Crippen LogP contribution in [-0.4, -0.2) is 38.2 Å². The van der Waals surface area contributed by atoms with Crippen LogP contribution in [0.1, 0.15) is 6.42 Å². The number of ether oxygens (including phenoxy) is 1. The molecule has 1 aliphatic rings. The number of nitro groups is 1. The summed E-state index contributed by atoms with van der Waals surface area (Å²) in [4.78, 5) is 23.1. The van der Waals surface area contributed by atoms with Crippen molar-refractivity contribution in [2.45, 2.75) is 11.7 Å². The third kappa shape index (κ3) is 2.79. The van der Waals surface area contributed by atoms with Crippen LogP contribution in [0.3, 0.4) is 0 Å². The van der Waals surface area contributed by atoms with Crippen molar-refractivity contribution in [3.8, 4) is 5.75 Å². The second kappa shape index (κ2) is 5.28. The third-order valence-corrected chi connectivity index (χ3v) is 4.26. The molecule has 1 fully saturated rings. The number of hydrogen-bond donors (Lipinski definition) is 0. The predicted octanol–water partition coefficient (Wildman–Crippen LogP) is 1.01. The number of carbonyl (C=O) groups is 1. The van der Waals surface area contributed by atoms with Gasteiger partial charge in [0.2, 0.25) is 5.91 Å². The smallest absolute Gasteiger partial charge is 0.307 e. The Hall–Kier alpha value is -2.23. The van der Waals surface area contributed by atoms with Gasteiger partial charge in [0, 0.05) is 19.0 Å². The average Bonchev–Trinajstić information content (AvgIpc) is 2.79. The van der Waals surface area contributed by atoms with Crippen molar-refractivity contribution in [3.63, 3.8) is 0 Å². The zero-order valence-corrected chi connectivity index (χ0v) is 11.7. The Kier molecular flexibility index (Phi) is 3.81. The molecule has 0 N–H and O–H groups in total. The van der Waals surface area contributed by atoms with E-state index in [1.54, 1.807) is 0 Å². The Morgan fingerprint density at radius 3 is 2.62 bits per heavy atom. The fourth-order valence-corrected chi connectivity index (χ4v) is 2.84. The summed E-state index contributed by atoms with van der Waals surface area (Å²) in [7, 11) is -3.65. The molecule has 114 valence electrons. The Labute approximate surface area is 119 Å². The number of anilines is 1. The number of nitro benzene ring substituents is 1. The van der Waals surface area contributed by atoms with Crippen LogP contribution >= 0.6 is 0 Å². The minimum absolute atomic E-state index is 0.0365. The molecule has 1 atom stereocenters. The molecule has 1 aliphatic heterocycles. The molecule has 0 aromatic heterocycles. The molecule has 1 saturated heterocycles. The second-order valence-corrected chi connectivity index (χ2v) is 6.01. The van der Waals surface area contributed by atoms with Crippen LogP contribution in [0.5, 0.6) is 5.75 Å². The number of para-hydroxylation sites is 1. The molecular weight excluding hydrogens is 307 g/mol. The standard InChI is InChI=1S/C11H11FN2O6S/c1-20-9-4-2-3-8(14(16)17)11(9)13-6-7(5-10(13)15)21(12,18)19/h2-4,7H,5-6H2,1H3. The second-order valence-electron chi connectivity index (χ2n) is 4.39. The van der Waals surface area contributed by atoms with Gasteiger partial charge in [0.15, 0.2) is 5.69 Å². The van der Waals surface area contributed by atoms with Crippen LogP contribution in [0.4, 0.5) is 15.3 Å². The van der Waals surface area contributed by atoms with Crippen molar-refractivity contribution >= 4 is 27.5 Å². The molecule has 0 aliphatic carbocycles. The lowest BCUT2D eigenvalue weighted by molar-refractivity contribution is -0.384. The molecule has 1 amide bonds. The van der Waals surface area contributed by atoms with Crippen molar-refractivity contribution in [2.24, 2.45) is 0 Å². The van der Waals surface area contributed by atoms with E-state index in [0.29, 0.717) is 0 Å². The SMILES string of the molecule is COc1cccc([N+](=O)[O-])c1N1CC(S(=O)(=O)F)CC1=O. The van der Waals surface area contributed by atoms with E-state index in [-0.39, 0.29) is 11.4 Å². The highest BCUT2D eigenvalue weighted by Gasteiger charge is 2.42. The number of amides is 1. The van der Waals surface area contributed by atoms with E-state index in [4.69, 9.17) is 4.74 Å². The molecule has 1 unspecified atom stereocenters. The molecule has 10 heteroatoms. The number of halogens is 1. The fraction of sp³-hybridized carbons (Fsp3) is 0.364. The molecule has 0 saturated carbocycles. The van der Waals surface area contributed by atoms with Crippen molar-refractivity contribution < 1.29 is 26.8 Å². The first-order chi connectivity index (χ1) is 9.75. The largest absolute Gasteiger partial charge is 0.494 e. The molecule has 1 heterocycles. The molecule has 0 bridgehead atoms. The van der Waals surface area contributed by atoms with Crippen LogP contribution in [-0.2, 0) is 15.0 Å². The summed E-state index contributed by atoms with van der Waals surface area (Å²) >= 11 is 0. The topological polar surface area (TPSA) is 107 Å². The minimum Gasteiger partial charge on any atom is -0.494 e. The number of nitrogens with zero attached hydrogens (tertiary/aromatic N) is 2. The first-order valence-electron chi connectivity index (χ1n) is 5.81. The lowest BCUT2D eigenvalue weighted by Gasteiger charge is -2.18. The summed E-state index contributed by atoms with van der Waals surface area (Å²) in [6.07, 6.45) is -0.561. The average molecular weight is 318 g/mol. The Bertz CT molecular complexity index is 705. The molecule has 21 heavy (non-hydrogen) atoms. The highest BCUT2D eigenvalue weighted by Crippen LogP contribution is 2.40. The lowest BCUT2D eigenvalue weighted by atomic mass is 10.2. The van der Waals surface area contributed by atoms with E-state index in [1.165, 1.54) is 19.2 Å². The van der Waals surface area contributed by atoms with E-state index in [2.05, 4.69) is 0 Å². The number of carbonyl (C=O) groups excluding carboxylic acids is 1. The number of hydrogen-bond acceptors (Lipinski definition) is 6. The normalized spacial score (nSPS) is 18.9. The molecule has 1 aromatic rings. The van der Waals surface area contributed by atoms with Gasteiger partial charge in [-0.15, -0.1) is 3.89 Å². The van der Waals surface area contributed by atoms with Gasteiger partial charge in [-0.1, -0.05) is 6.07 Å². The summed E-state index contributed by atoms with van der Waals surface area (Å²) in [5.74, 6) is -0.678. The van der Waals surface area contributed by atoms with E-state index >= 15 is 0 Å². The number of benzene rings is 1. The van der Waals surface area contributed by atoms with Gasteiger partial charge in [0.1, 0.15) is 11.0 Å². The minimum atomic E-state index is -4.90. The lowest BCUT2D eigenvalue weighted by Crippen LogP contribution is -2.28. The van der Waals surface area contributed by atoms with Gasteiger partial charge in [-0.25, -0.2) is 0 Å². The van der Waals surface area contributed by atoms with Gasteiger partial charge in [-0.05, 0) is 6.07 Å². The van der Waals surface area contributed by atoms with Gasteiger partial charge < -0.3 is 9.64 Å². The van der Waals surface area contributed by atoms with Gasteiger partial charge in [-0.2, -0.15) is 8.42 Å². The monoisotopic (exact) mass is 318 g/mol. The maximum Gasteiger partial charge on any atom is 0.307 e. The molecular formula is C11H11FN2O6S.